The number of amides is 1. The summed E-state index contributed by atoms with van der Waals surface area (Å²) in [4.78, 5) is 28.7. The average Bonchev–Trinajstić information content (AvgIpc) is 2.96. The molecule has 0 spiro atoms. The highest BCUT2D eigenvalue weighted by molar-refractivity contribution is 5.92. The van der Waals surface area contributed by atoms with Crippen LogP contribution in [0.5, 0.6) is 5.75 Å². The molecule has 178 valence electrons. The monoisotopic (exact) mass is 470 g/mol. The van der Waals surface area contributed by atoms with Gasteiger partial charge in [-0.3, -0.25) is 9.59 Å². The molecule has 0 radical (unpaired) electrons. The van der Waals surface area contributed by atoms with Gasteiger partial charge in [-0.2, -0.15) is 17.9 Å². The first-order chi connectivity index (χ1) is 15.3. The average molecular weight is 470 g/mol. The minimum atomic E-state index is -3.43. The van der Waals surface area contributed by atoms with E-state index in [2.05, 4.69) is 9.73 Å². The van der Waals surface area contributed by atoms with Crippen molar-refractivity contribution in [1.82, 2.24) is 4.73 Å². The fraction of sp³-hybridized carbons (Fsp3) is 0.409. The van der Waals surface area contributed by atoms with E-state index in [9.17, 15) is 32.4 Å². The number of halogens is 4. The number of aromatic nitrogens is 1. The third-order valence-electron chi connectivity index (χ3n) is 5.80. The molecule has 1 aliphatic heterocycles. The van der Waals surface area contributed by atoms with Gasteiger partial charge < -0.3 is 14.7 Å². The summed E-state index contributed by atoms with van der Waals surface area (Å²) in [5.74, 6) is -6.83. The van der Waals surface area contributed by atoms with Crippen molar-refractivity contribution >= 4 is 11.7 Å². The fourth-order valence-electron chi connectivity index (χ4n) is 3.86. The molecule has 1 fully saturated rings. The van der Waals surface area contributed by atoms with Crippen molar-refractivity contribution in [3.05, 3.63) is 58.7 Å². The summed E-state index contributed by atoms with van der Waals surface area (Å²) in [6, 6.07) is 4.29. The SMILES string of the molecule is CC(=O)c1cc(=NC(=O)[C@@H]2OC(C)(C)[C@@H](C)[C@H]2c2ccc(F)c(F)c2OC(F)F)ccn1O. The van der Waals surface area contributed by atoms with E-state index < -0.39 is 59.2 Å². The number of alkyl halides is 2. The summed E-state index contributed by atoms with van der Waals surface area (Å²) in [6.45, 7) is 2.79. The zero-order chi connectivity index (χ0) is 24.7. The molecule has 11 heteroatoms. The Bertz CT molecular complexity index is 1160. The van der Waals surface area contributed by atoms with Gasteiger partial charge in [0.1, 0.15) is 11.8 Å². The molecule has 0 bridgehead atoms. The van der Waals surface area contributed by atoms with Crippen LogP contribution in [0, 0.1) is 17.6 Å². The molecule has 0 aliphatic carbocycles. The maximum absolute atomic E-state index is 14.4. The Kier molecular flexibility index (Phi) is 6.64. The zero-order valence-electron chi connectivity index (χ0n) is 18.2. The first kappa shape index (κ1) is 24.4. The molecule has 1 N–H and O–H groups in total. The number of carbonyl (C=O) groups excluding carboxylic acids is 2. The number of hydrogen-bond acceptors (Lipinski definition) is 5. The van der Waals surface area contributed by atoms with E-state index in [-0.39, 0.29) is 16.6 Å². The van der Waals surface area contributed by atoms with Gasteiger partial charge in [0, 0.05) is 24.6 Å². The highest BCUT2D eigenvalue weighted by Crippen LogP contribution is 2.49. The maximum Gasteiger partial charge on any atom is 0.387 e. The molecule has 33 heavy (non-hydrogen) atoms. The van der Waals surface area contributed by atoms with Crippen LogP contribution < -0.4 is 10.1 Å². The fourth-order valence-corrected chi connectivity index (χ4v) is 3.86. The third kappa shape index (κ3) is 4.77. The van der Waals surface area contributed by atoms with Crippen LogP contribution in [0.2, 0.25) is 0 Å². The first-order valence-electron chi connectivity index (χ1n) is 9.95. The normalized spacial score (nSPS) is 22.6. The van der Waals surface area contributed by atoms with E-state index in [4.69, 9.17) is 4.74 Å². The summed E-state index contributed by atoms with van der Waals surface area (Å²) >= 11 is 0. The molecule has 3 rings (SSSR count). The molecule has 1 saturated heterocycles. The molecule has 1 aliphatic rings. The van der Waals surface area contributed by atoms with E-state index in [1.807, 2.05) is 0 Å². The summed E-state index contributed by atoms with van der Waals surface area (Å²) in [5.41, 5.74) is -1.25. The van der Waals surface area contributed by atoms with Gasteiger partial charge in [0.2, 0.25) is 5.82 Å². The highest BCUT2D eigenvalue weighted by Gasteiger charge is 2.51. The largest absolute Gasteiger partial charge is 0.431 e. The number of carbonyl (C=O) groups is 2. The predicted octanol–water partition coefficient (Wildman–Crippen LogP) is 3.83. The molecular weight excluding hydrogens is 448 g/mol. The Balaban J connectivity index is 2.11. The van der Waals surface area contributed by atoms with E-state index in [0.717, 1.165) is 18.3 Å². The van der Waals surface area contributed by atoms with Crippen LogP contribution in [0.3, 0.4) is 0 Å². The Hall–Kier alpha value is -3.21. The van der Waals surface area contributed by atoms with Gasteiger partial charge in [0.15, 0.2) is 17.3 Å². The van der Waals surface area contributed by atoms with Gasteiger partial charge in [-0.15, -0.1) is 0 Å². The summed E-state index contributed by atoms with van der Waals surface area (Å²) in [7, 11) is 0. The number of rotatable bonds is 5. The van der Waals surface area contributed by atoms with Crippen molar-refractivity contribution in [1.29, 1.82) is 0 Å². The van der Waals surface area contributed by atoms with Crippen molar-refractivity contribution in [2.24, 2.45) is 10.9 Å². The number of Topliss-reactive ketones (excluding diaryl/α,β-unsaturated/α-hetero) is 1. The number of hydrogen-bond donors (Lipinski definition) is 1. The molecule has 1 aromatic carbocycles. The molecule has 0 unspecified atom stereocenters. The number of ketones is 1. The molecule has 2 aromatic rings. The van der Waals surface area contributed by atoms with Gasteiger partial charge in [0.05, 0.1) is 11.0 Å². The van der Waals surface area contributed by atoms with E-state index >= 15 is 0 Å². The summed E-state index contributed by atoms with van der Waals surface area (Å²) in [6.07, 6.45) is -0.228. The Labute approximate surface area is 186 Å². The third-order valence-corrected chi connectivity index (χ3v) is 5.80. The second-order valence-electron chi connectivity index (χ2n) is 8.24. The molecule has 3 atom stereocenters. The first-order valence-corrected chi connectivity index (χ1v) is 9.95. The van der Waals surface area contributed by atoms with Crippen LogP contribution >= 0.6 is 0 Å². The van der Waals surface area contributed by atoms with Crippen LogP contribution in [0.15, 0.2) is 35.5 Å². The molecule has 2 heterocycles. The van der Waals surface area contributed by atoms with Crippen LogP contribution in [0.1, 0.15) is 49.7 Å². The lowest BCUT2D eigenvalue weighted by molar-refractivity contribution is -0.133. The number of ether oxygens (including phenoxy) is 2. The lowest BCUT2D eigenvalue weighted by Gasteiger charge is -2.26. The van der Waals surface area contributed by atoms with Gasteiger partial charge in [0.25, 0.3) is 5.91 Å². The Morgan fingerprint density at radius 2 is 1.91 bits per heavy atom. The van der Waals surface area contributed by atoms with Crippen LogP contribution in [0.25, 0.3) is 0 Å². The quantitative estimate of drug-likeness (QED) is 0.408. The van der Waals surface area contributed by atoms with Gasteiger partial charge in [-0.1, -0.05) is 13.0 Å². The maximum atomic E-state index is 14.4. The van der Waals surface area contributed by atoms with Crippen LogP contribution in [-0.2, 0) is 9.53 Å². The number of pyridine rings is 1. The zero-order valence-corrected chi connectivity index (χ0v) is 18.2. The summed E-state index contributed by atoms with van der Waals surface area (Å²) in [5, 5.41) is 9.73. The number of benzene rings is 1. The molecule has 0 saturated carbocycles. The topological polar surface area (TPSA) is 90.1 Å². The van der Waals surface area contributed by atoms with E-state index in [1.165, 1.54) is 19.1 Å². The molecule has 1 amide bonds. The van der Waals surface area contributed by atoms with Crippen molar-refractivity contribution in [3.63, 3.8) is 0 Å². The number of nitrogens with zero attached hydrogens (tertiary/aromatic N) is 2. The second kappa shape index (κ2) is 8.97. The van der Waals surface area contributed by atoms with Gasteiger partial charge in [-0.05, 0) is 38.0 Å². The lowest BCUT2D eigenvalue weighted by atomic mass is 9.78. The molecular formula is C22H22F4N2O5. The lowest BCUT2D eigenvalue weighted by Crippen LogP contribution is -2.29. The van der Waals surface area contributed by atoms with Gasteiger partial charge >= 0.3 is 6.61 Å². The molecule has 1 aromatic heterocycles. The van der Waals surface area contributed by atoms with Crippen molar-refractivity contribution in [3.8, 4) is 5.75 Å². The second-order valence-corrected chi connectivity index (χ2v) is 8.24. The summed E-state index contributed by atoms with van der Waals surface area (Å²) < 4.78 is 64.8. The van der Waals surface area contributed by atoms with E-state index in [0.29, 0.717) is 4.73 Å². The van der Waals surface area contributed by atoms with Crippen molar-refractivity contribution in [2.45, 2.75) is 51.9 Å². The van der Waals surface area contributed by atoms with Crippen molar-refractivity contribution in [2.75, 3.05) is 0 Å². The minimum Gasteiger partial charge on any atom is -0.431 e. The highest BCUT2D eigenvalue weighted by atomic mass is 19.3. The van der Waals surface area contributed by atoms with Crippen LogP contribution in [0.4, 0.5) is 17.6 Å². The van der Waals surface area contributed by atoms with Crippen molar-refractivity contribution < 1.29 is 41.8 Å². The Morgan fingerprint density at radius 3 is 2.52 bits per heavy atom. The Morgan fingerprint density at radius 1 is 1.24 bits per heavy atom. The smallest absolute Gasteiger partial charge is 0.387 e. The minimum absolute atomic E-state index is 0.0320. The predicted molar refractivity (Wildman–Crippen MR) is 106 cm³/mol. The van der Waals surface area contributed by atoms with Crippen LogP contribution in [-0.4, -0.2) is 39.9 Å². The molecule has 7 nitrogen and oxygen atoms in total. The van der Waals surface area contributed by atoms with Gasteiger partial charge in [-0.25, -0.2) is 9.38 Å². The standard InChI is InChI=1S/C22H22F4N2O5/c1-10-16(13-5-6-14(23)17(24)18(13)32-21(25)26)19(33-22(10,3)4)20(30)27-12-7-8-28(31)15(9-12)11(2)29/h5-10,16,19,21,31H,1-4H3/t10-,16-,19+/m0/s1. The van der Waals surface area contributed by atoms with E-state index in [1.54, 1.807) is 20.8 Å².